The van der Waals surface area contributed by atoms with Gasteiger partial charge in [0, 0.05) is 19.4 Å². The molecule has 0 aromatic carbocycles. The molecule has 0 aliphatic rings. The first-order chi connectivity index (χ1) is 36.3. The van der Waals surface area contributed by atoms with Gasteiger partial charge in [-0.2, -0.15) is 0 Å². The van der Waals surface area contributed by atoms with Gasteiger partial charge in [0.2, 0.25) is 0 Å². The summed E-state index contributed by atoms with van der Waals surface area (Å²) in [6.07, 6.45) is 80.2. The van der Waals surface area contributed by atoms with E-state index >= 15 is 0 Å². The molecule has 0 bridgehead atoms. The quantitative estimate of drug-likeness (QED) is 0.0264. The molecule has 2 unspecified atom stereocenters. The normalized spacial score (nSPS) is 13.8. The fraction of sp³-hybridized carbons (Fsp3) is 0.688. The predicted octanol–water partition coefficient (Wildman–Crippen LogP) is 19.0. The lowest BCUT2D eigenvalue weighted by atomic mass is 10.0. The maximum absolute atomic E-state index is 12.7. The zero-order chi connectivity index (χ0) is 53.8. The van der Waals surface area contributed by atoms with Gasteiger partial charge in [-0.15, -0.1) is 0 Å². The number of ether oxygens (including phenoxy) is 2. The topological polar surface area (TPSA) is 134 Å². The van der Waals surface area contributed by atoms with Crippen molar-refractivity contribution in [1.29, 1.82) is 0 Å². The number of rotatable bonds is 55. The third-order valence-corrected chi connectivity index (χ3v) is 13.4. The Morgan fingerprint density at radius 1 is 0.419 bits per heavy atom. The van der Waals surface area contributed by atoms with Gasteiger partial charge in [0.25, 0.3) is 0 Å². The van der Waals surface area contributed by atoms with Crippen molar-refractivity contribution in [3.63, 3.8) is 0 Å². The summed E-state index contributed by atoms with van der Waals surface area (Å²) in [7, 11) is -4.39. The van der Waals surface area contributed by atoms with E-state index in [4.69, 9.17) is 24.3 Å². The fourth-order valence-electron chi connectivity index (χ4n) is 7.99. The summed E-state index contributed by atoms with van der Waals surface area (Å²) in [6, 6.07) is 0. The molecule has 0 aliphatic carbocycles. The first-order valence-electron chi connectivity index (χ1n) is 29.9. The van der Waals surface area contributed by atoms with Crippen molar-refractivity contribution in [2.24, 2.45) is 5.73 Å². The molecule has 0 heterocycles. The van der Waals surface area contributed by atoms with Crippen LogP contribution >= 0.6 is 7.82 Å². The minimum atomic E-state index is -4.39. The van der Waals surface area contributed by atoms with Gasteiger partial charge < -0.3 is 20.1 Å². The standard InChI is InChI=1S/C64H110NO8P/c1-3-5-7-9-11-13-15-17-19-20-21-22-23-24-25-26-27-28-29-30-31-32-33-34-35-36-37-38-39-40-41-42-43-45-47-49-51-53-55-57-64(67)73-62(61-72-74(68,69)71-59-58-65)60-70-63(66)56-54-52-50-48-46-44-18-16-14-12-10-8-6-4-2/h5,7,10-13,16-19,21-22,24-25,27-28,30-31,62H,3-4,6,8-9,14-15,20,23,26,29,32-61,65H2,1-2H3,(H,68,69)/b7-5-,12-10-,13-11-,18-16-,19-17-,22-21-,25-24-,28-27-,31-30-. The van der Waals surface area contributed by atoms with Crippen molar-refractivity contribution in [2.75, 3.05) is 26.4 Å². The molecule has 0 fully saturated rings. The molecule has 74 heavy (non-hydrogen) atoms. The highest BCUT2D eigenvalue weighted by molar-refractivity contribution is 7.47. The van der Waals surface area contributed by atoms with Gasteiger partial charge in [-0.25, -0.2) is 4.57 Å². The summed E-state index contributed by atoms with van der Waals surface area (Å²) in [5.74, 6) is -0.844. The number of nitrogens with two attached hydrogens (primary N) is 1. The van der Waals surface area contributed by atoms with Gasteiger partial charge >= 0.3 is 19.8 Å². The number of unbranched alkanes of at least 4 members (excludes halogenated alkanes) is 24. The van der Waals surface area contributed by atoms with Crippen molar-refractivity contribution in [3.05, 3.63) is 109 Å². The maximum atomic E-state index is 12.7. The summed E-state index contributed by atoms with van der Waals surface area (Å²) in [5.41, 5.74) is 5.37. The monoisotopic (exact) mass is 1050 g/mol. The molecule has 424 valence electrons. The van der Waals surface area contributed by atoms with E-state index in [0.717, 1.165) is 109 Å². The van der Waals surface area contributed by atoms with E-state index < -0.39 is 32.5 Å². The van der Waals surface area contributed by atoms with Crippen molar-refractivity contribution in [3.8, 4) is 0 Å². The van der Waals surface area contributed by atoms with E-state index in [1.807, 2.05) is 0 Å². The smallest absolute Gasteiger partial charge is 0.462 e. The zero-order valence-corrected chi connectivity index (χ0v) is 48.2. The molecule has 0 saturated heterocycles. The number of allylic oxidation sites excluding steroid dienone is 18. The average molecular weight is 1050 g/mol. The third-order valence-electron chi connectivity index (χ3n) is 12.4. The van der Waals surface area contributed by atoms with Crippen LogP contribution < -0.4 is 5.73 Å². The van der Waals surface area contributed by atoms with E-state index in [-0.39, 0.29) is 32.6 Å². The summed E-state index contributed by atoms with van der Waals surface area (Å²) in [5, 5.41) is 0. The molecule has 0 spiro atoms. The molecule has 0 amide bonds. The molecule has 0 saturated carbocycles. The number of esters is 2. The van der Waals surface area contributed by atoms with Gasteiger partial charge in [-0.3, -0.25) is 18.6 Å². The van der Waals surface area contributed by atoms with E-state index in [2.05, 4.69) is 123 Å². The summed E-state index contributed by atoms with van der Waals surface area (Å²) in [6.45, 7) is 3.57. The van der Waals surface area contributed by atoms with Crippen LogP contribution in [0, 0.1) is 0 Å². The van der Waals surface area contributed by atoms with Gasteiger partial charge in [-0.05, 0) is 96.3 Å². The Hall–Kier alpha value is -3.33. The van der Waals surface area contributed by atoms with Crippen LogP contribution in [-0.4, -0.2) is 49.3 Å². The van der Waals surface area contributed by atoms with Gasteiger partial charge in [-0.1, -0.05) is 252 Å². The maximum Gasteiger partial charge on any atom is 0.472 e. The first kappa shape index (κ1) is 70.7. The summed E-state index contributed by atoms with van der Waals surface area (Å²) < 4.78 is 33.0. The number of carbonyl (C=O) groups is 2. The highest BCUT2D eigenvalue weighted by Gasteiger charge is 2.26. The predicted molar refractivity (Wildman–Crippen MR) is 316 cm³/mol. The lowest BCUT2D eigenvalue weighted by molar-refractivity contribution is -0.161. The number of hydrogen-bond acceptors (Lipinski definition) is 8. The second kappa shape index (κ2) is 58.9. The van der Waals surface area contributed by atoms with Crippen LogP contribution in [0.3, 0.4) is 0 Å². The lowest BCUT2D eigenvalue weighted by Gasteiger charge is -2.19. The molecule has 0 aliphatic heterocycles. The summed E-state index contributed by atoms with van der Waals surface area (Å²) in [4.78, 5) is 35.1. The van der Waals surface area contributed by atoms with Gasteiger partial charge in [0.15, 0.2) is 6.10 Å². The van der Waals surface area contributed by atoms with Crippen LogP contribution in [0.15, 0.2) is 109 Å². The molecular formula is C64H110NO8P. The highest BCUT2D eigenvalue weighted by atomic mass is 31.2. The van der Waals surface area contributed by atoms with E-state index in [9.17, 15) is 19.0 Å². The van der Waals surface area contributed by atoms with Crippen LogP contribution in [0.5, 0.6) is 0 Å². The second-order valence-corrected chi connectivity index (χ2v) is 20.9. The largest absolute Gasteiger partial charge is 0.472 e. The van der Waals surface area contributed by atoms with Gasteiger partial charge in [0.1, 0.15) is 6.61 Å². The first-order valence-corrected chi connectivity index (χ1v) is 31.4. The fourth-order valence-corrected chi connectivity index (χ4v) is 8.75. The Kier molecular flexibility index (Phi) is 56.3. The molecule has 9 nitrogen and oxygen atoms in total. The minimum absolute atomic E-state index is 0.0483. The Morgan fingerprint density at radius 2 is 0.743 bits per heavy atom. The highest BCUT2D eigenvalue weighted by Crippen LogP contribution is 2.43. The number of hydrogen-bond donors (Lipinski definition) is 2. The van der Waals surface area contributed by atoms with E-state index in [1.54, 1.807) is 0 Å². The Labute approximate surface area is 454 Å². The van der Waals surface area contributed by atoms with E-state index in [1.165, 1.54) is 103 Å². The van der Waals surface area contributed by atoms with Crippen molar-refractivity contribution in [2.45, 2.75) is 258 Å². The van der Waals surface area contributed by atoms with Crippen LogP contribution in [0.4, 0.5) is 0 Å². The van der Waals surface area contributed by atoms with Crippen LogP contribution in [0.2, 0.25) is 0 Å². The SMILES string of the molecule is CC/C=C\C/C=C\C/C=C\C/C=C\C/C=C\C/C=C\C/C=C\CCCCCCCCCCCCCCCCCCCC(=O)OC(COC(=O)CCCCCCC/C=C\C/C=C\CCCC)COP(=O)(O)OCCN. The Balaban J connectivity index is 3.86. The molecule has 0 aromatic heterocycles. The number of phosphoric ester groups is 1. The van der Waals surface area contributed by atoms with Crippen molar-refractivity contribution < 1.29 is 37.6 Å². The third kappa shape index (κ3) is 57.9. The zero-order valence-electron chi connectivity index (χ0n) is 47.3. The molecule has 3 N–H and O–H groups in total. The molecule has 0 aromatic rings. The molecular weight excluding hydrogens is 942 g/mol. The Morgan fingerprint density at radius 3 is 1.11 bits per heavy atom. The second-order valence-electron chi connectivity index (χ2n) is 19.5. The molecule has 10 heteroatoms. The van der Waals surface area contributed by atoms with Gasteiger partial charge in [0.05, 0.1) is 13.2 Å². The van der Waals surface area contributed by atoms with Crippen molar-refractivity contribution in [1.82, 2.24) is 0 Å². The van der Waals surface area contributed by atoms with Crippen LogP contribution in [-0.2, 0) is 32.7 Å². The number of phosphoric acid groups is 1. The van der Waals surface area contributed by atoms with Crippen molar-refractivity contribution >= 4 is 19.8 Å². The average Bonchev–Trinajstić information content (AvgIpc) is 3.39. The Bertz CT molecular complexity index is 1580. The number of carbonyl (C=O) groups excluding carboxylic acids is 2. The van der Waals surface area contributed by atoms with Crippen LogP contribution in [0.25, 0.3) is 0 Å². The summed E-state index contributed by atoms with van der Waals surface area (Å²) >= 11 is 0. The van der Waals surface area contributed by atoms with Crippen LogP contribution in [0.1, 0.15) is 251 Å². The molecule has 0 radical (unpaired) electrons. The lowest BCUT2D eigenvalue weighted by Crippen LogP contribution is -2.29. The van der Waals surface area contributed by atoms with E-state index in [0.29, 0.717) is 12.8 Å². The minimum Gasteiger partial charge on any atom is -0.462 e. The molecule has 0 rings (SSSR count). The molecule has 2 atom stereocenters.